The first-order chi connectivity index (χ1) is 34.0. The average Bonchev–Trinajstić information content (AvgIpc) is 4.18. The van der Waals surface area contributed by atoms with Gasteiger partial charge < -0.3 is 23.9 Å². The van der Waals surface area contributed by atoms with Crippen molar-refractivity contribution in [3.63, 3.8) is 0 Å². The third-order valence-electron chi connectivity index (χ3n) is 12.8. The molecule has 2 unspecified atom stereocenters. The summed E-state index contributed by atoms with van der Waals surface area (Å²) in [7, 11) is 3.27. The molecule has 0 bridgehead atoms. The highest BCUT2D eigenvalue weighted by Gasteiger charge is 2.46. The van der Waals surface area contributed by atoms with Crippen LogP contribution in [0.25, 0.3) is 43.5 Å². The third-order valence-corrected chi connectivity index (χ3v) is 15.0. The summed E-state index contributed by atoms with van der Waals surface area (Å²) in [5, 5.41) is 37.2. The Morgan fingerprint density at radius 3 is 1.65 bits per heavy atom. The van der Waals surface area contributed by atoms with E-state index >= 15 is 0 Å². The van der Waals surface area contributed by atoms with Crippen molar-refractivity contribution < 1.29 is 14.6 Å². The Labute approximate surface area is 407 Å². The highest BCUT2D eigenvalue weighted by atomic mass is 32.1. The molecule has 9 nitrogen and oxygen atoms in total. The van der Waals surface area contributed by atoms with Gasteiger partial charge in [0.15, 0.2) is 0 Å². The Hall–Kier alpha value is -8.35. The molecule has 0 saturated carbocycles. The van der Waals surface area contributed by atoms with Crippen LogP contribution in [0.3, 0.4) is 0 Å². The van der Waals surface area contributed by atoms with Crippen molar-refractivity contribution in [3.05, 3.63) is 208 Å². The smallest absolute Gasteiger partial charge is 0.328 e. The van der Waals surface area contributed by atoms with Crippen molar-refractivity contribution in [1.82, 2.24) is 19.3 Å². The summed E-state index contributed by atoms with van der Waals surface area (Å²) >= 11 is 2.95. The summed E-state index contributed by atoms with van der Waals surface area (Å²) in [5.41, 5.74) is 8.29. The van der Waals surface area contributed by atoms with Gasteiger partial charge in [0.05, 0.1) is 52.1 Å². The monoisotopic (exact) mass is 930 g/mol. The Kier molecular flexibility index (Phi) is 11.5. The summed E-state index contributed by atoms with van der Waals surface area (Å²) < 4.78 is 15.4. The van der Waals surface area contributed by atoms with Crippen LogP contribution in [0.5, 0.6) is 17.2 Å². The molecule has 69 heavy (non-hydrogen) atoms. The van der Waals surface area contributed by atoms with Gasteiger partial charge in [0.2, 0.25) is 0 Å². The normalized spacial score (nSPS) is 13.8. The largest absolute Gasteiger partial charge is 0.508 e. The molecule has 13 heteroatoms. The lowest BCUT2D eigenvalue weighted by atomic mass is 9.48. The van der Waals surface area contributed by atoms with E-state index in [1.54, 1.807) is 26.4 Å². The molecular weight excluding hydrogens is 890 g/mol. The van der Waals surface area contributed by atoms with Crippen molar-refractivity contribution in [1.29, 1.82) is 10.5 Å². The lowest BCUT2D eigenvalue weighted by Crippen LogP contribution is -2.56. The molecule has 0 spiro atoms. The maximum atomic E-state index is 11.9. The minimum absolute atomic E-state index is 0.114. The van der Waals surface area contributed by atoms with E-state index in [1.165, 1.54) is 22.7 Å². The fraction of sp³-hybridized carbons (Fsp3) is 0.0714. The minimum atomic E-state index is -0.826. The Balaban J connectivity index is 1.34. The number of hydrogen-bond acceptors (Lipinski definition) is 10. The van der Waals surface area contributed by atoms with Crippen molar-refractivity contribution in [3.8, 4) is 40.6 Å². The molecule has 10 aromatic rings. The second-order valence-electron chi connectivity index (χ2n) is 16.7. The lowest BCUT2D eigenvalue weighted by Gasteiger charge is -2.36. The van der Waals surface area contributed by atoms with Crippen molar-refractivity contribution in [2.45, 2.75) is 12.0 Å². The van der Waals surface area contributed by atoms with E-state index in [1.807, 2.05) is 121 Å². The van der Waals surface area contributed by atoms with Crippen LogP contribution in [0.2, 0.25) is 0 Å². The molecule has 0 saturated heterocycles. The molecule has 0 amide bonds. The fourth-order valence-electron chi connectivity index (χ4n) is 9.79. The Morgan fingerprint density at radius 1 is 0.638 bits per heavy atom. The lowest BCUT2D eigenvalue weighted by molar-refractivity contribution is 0.415. The van der Waals surface area contributed by atoms with Gasteiger partial charge in [0.25, 0.3) is 0 Å². The molecule has 3 aromatic heterocycles. The van der Waals surface area contributed by atoms with Crippen LogP contribution in [0.15, 0.2) is 182 Å². The maximum absolute atomic E-state index is 11.9. The number of hydrogen-bond donors (Lipinski definition) is 1. The van der Waals surface area contributed by atoms with Gasteiger partial charge in [-0.1, -0.05) is 143 Å². The molecule has 7 aromatic carbocycles. The Morgan fingerprint density at radius 2 is 1.14 bits per heavy atom. The molecule has 1 aliphatic heterocycles. The highest BCUT2D eigenvalue weighted by Crippen LogP contribution is 2.45. The third kappa shape index (κ3) is 7.78. The molecule has 1 aliphatic rings. The number of nitrogens with zero attached hydrogens (tertiary/aromatic N) is 6. The number of methoxy groups -OCH3 is 2. The summed E-state index contributed by atoms with van der Waals surface area (Å²) in [5.74, 6) is 0.632. The molecule has 4 heterocycles. The first-order valence-electron chi connectivity index (χ1n) is 22.4. The zero-order valence-corrected chi connectivity index (χ0v) is 39.1. The van der Waals surface area contributed by atoms with Gasteiger partial charge in [-0.2, -0.15) is 10.5 Å². The van der Waals surface area contributed by atoms with E-state index in [9.17, 15) is 15.6 Å². The molecule has 1 N–H and O–H groups in total. The van der Waals surface area contributed by atoms with Gasteiger partial charge in [-0.25, -0.2) is 9.97 Å². The summed E-state index contributed by atoms with van der Waals surface area (Å²) in [4.78, 5) is 12.7. The average molecular weight is 931 g/mol. The van der Waals surface area contributed by atoms with Crippen molar-refractivity contribution in [2.75, 3.05) is 14.2 Å². The number of fused-ring (bicyclic) bond motifs is 3. The number of benzene rings is 7. The molecule has 0 fully saturated rings. The van der Waals surface area contributed by atoms with E-state index in [0.717, 1.165) is 58.8 Å². The summed E-state index contributed by atoms with van der Waals surface area (Å²) in [6, 6.07) is 65.0. The molecule has 2 atom stereocenters. The van der Waals surface area contributed by atoms with Crippen LogP contribution in [0.1, 0.15) is 27.5 Å². The van der Waals surface area contributed by atoms with Crippen LogP contribution >= 0.6 is 22.7 Å². The van der Waals surface area contributed by atoms with E-state index in [0.29, 0.717) is 38.0 Å². The molecule has 0 aliphatic carbocycles. The summed E-state index contributed by atoms with van der Waals surface area (Å²) in [6.45, 7) is -0.866. The van der Waals surface area contributed by atoms with Gasteiger partial charge >= 0.3 is 13.7 Å². The van der Waals surface area contributed by atoms with Gasteiger partial charge in [-0.3, -0.25) is 0 Å². The highest BCUT2D eigenvalue weighted by molar-refractivity contribution is 7.19. The molecule has 11 rings (SSSR count). The standard InChI is InChI=1S/C56H40B2N6O3S2/c1-66-42-27-29-49-47(31-42)61-55(68-49)44(33-59)53-46-35-63(57(37-15-7-3-8-16-37)38-17-9-4-10-18-38)54(45(34-60)56-62-48-32-43(67-2)28-30-50(48)69-56)51(46)52(36-23-25-41(65)26-24-36)64(53)58(39-19-11-5-12-20-39)40-21-13-6-14-22-40/h3-32,35,45,54,65H,1-2H3/b53-44-. The number of aromatic hydroxyl groups is 1. The van der Waals surface area contributed by atoms with E-state index in [4.69, 9.17) is 19.4 Å². The number of ether oxygens (including phenoxy) is 2. The second kappa shape index (κ2) is 18.4. The Bertz CT molecular complexity index is 3640. The van der Waals surface area contributed by atoms with Gasteiger partial charge in [0.1, 0.15) is 44.8 Å². The fourth-order valence-corrected chi connectivity index (χ4v) is 11.8. The predicted octanol–water partition coefficient (Wildman–Crippen LogP) is 7.68. The van der Waals surface area contributed by atoms with Crippen molar-refractivity contribution >= 4 is 90.4 Å². The van der Waals surface area contributed by atoms with Crippen LogP contribution in [-0.2, 0) is 0 Å². The SMILES string of the molecule is COc1ccc2sc(/C(C#N)=c3/c4c(c(-c5ccc(O)cc5)n3B(c3ccccc3)c3ccccc3)C(C(C#N)c3nc5cc(OC)ccc5s3)N(B(c3ccccc3)c3ccccc3)C=4)nc2c1. The molecular formula is C56H40B2N6O3S2. The minimum Gasteiger partial charge on any atom is -0.508 e. The topological polar surface area (TPSA) is 120 Å². The first-order valence-corrected chi connectivity index (χ1v) is 24.1. The zero-order chi connectivity index (χ0) is 47.0. The van der Waals surface area contributed by atoms with E-state index in [-0.39, 0.29) is 12.6 Å². The van der Waals surface area contributed by atoms with Gasteiger partial charge in [-0.05, 0) is 60.3 Å². The zero-order valence-electron chi connectivity index (χ0n) is 37.5. The second-order valence-corrected chi connectivity index (χ2v) is 18.8. The van der Waals surface area contributed by atoms with Crippen LogP contribution < -0.4 is 41.9 Å². The van der Waals surface area contributed by atoms with Crippen molar-refractivity contribution in [2.24, 2.45) is 0 Å². The van der Waals surface area contributed by atoms with E-state index in [2.05, 4.69) is 76.2 Å². The number of phenolic OH excluding ortho intramolecular Hbond substituents is 1. The van der Waals surface area contributed by atoms with Gasteiger partial charge in [0, 0.05) is 28.6 Å². The predicted molar refractivity (Wildman–Crippen MR) is 280 cm³/mol. The number of phenols is 1. The van der Waals surface area contributed by atoms with Crippen LogP contribution in [-0.4, -0.2) is 52.3 Å². The van der Waals surface area contributed by atoms with E-state index < -0.39 is 18.8 Å². The first kappa shape index (κ1) is 43.2. The number of thiazole rings is 2. The van der Waals surface area contributed by atoms with Crippen LogP contribution in [0.4, 0.5) is 0 Å². The number of aromatic nitrogens is 3. The maximum Gasteiger partial charge on any atom is 0.328 e. The number of rotatable bonds is 12. The van der Waals surface area contributed by atoms with Gasteiger partial charge in [-0.15, -0.1) is 22.7 Å². The molecule has 0 radical (unpaired) electrons. The van der Waals surface area contributed by atoms with Crippen LogP contribution in [0, 0.1) is 22.7 Å². The number of nitriles is 2. The molecule has 330 valence electrons. The summed E-state index contributed by atoms with van der Waals surface area (Å²) in [6.07, 6.45) is 2.17. The quantitative estimate of drug-likeness (QED) is 0.124.